The fraction of sp³-hybridized carbons (Fsp3) is 0.270. The first-order chi connectivity index (χ1) is 23.9. The van der Waals surface area contributed by atoms with Gasteiger partial charge in [0.05, 0.1) is 24.1 Å². The summed E-state index contributed by atoms with van der Waals surface area (Å²) >= 11 is 1.31. The molecule has 2 aliphatic rings. The van der Waals surface area contributed by atoms with Gasteiger partial charge in [0.25, 0.3) is 14.0 Å². The monoisotopic (exact) mass is 712 g/mol. The minimum absolute atomic E-state index is 0.0108. The Bertz CT molecular complexity index is 1870. The lowest BCUT2D eigenvalue weighted by Crippen LogP contribution is -2.66. The van der Waals surface area contributed by atoms with Crippen molar-refractivity contribution in [2.75, 3.05) is 6.61 Å². The predicted octanol–water partition coefficient (Wildman–Crippen LogP) is 5.85. The quantitative estimate of drug-likeness (QED) is 0.0578. The van der Waals surface area contributed by atoms with E-state index in [9.17, 15) is 24.5 Å². The first kappa shape index (κ1) is 34.9. The fourth-order valence-electron chi connectivity index (χ4n) is 6.61. The third-order valence-corrected chi connectivity index (χ3v) is 15.2. The Hall–Kier alpha value is -4.98. The summed E-state index contributed by atoms with van der Waals surface area (Å²) < 4.78 is 23.8. The van der Waals surface area contributed by atoms with E-state index in [1.165, 1.54) is 60.4 Å². The Kier molecular flexibility index (Phi) is 9.83. The molecule has 258 valence electrons. The molecular weight excluding hydrogens is 677 g/mol. The van der Waals surface area contributed by atoms with Crippen molar-refractivity contribution in [3.05, 3.63) is 135 Å². The number of rotatable bonds is 12. The van der Waals surface area contributed by atoms with Gasteiger partial charge in [-0.3, -0.25) is 24.6 Å². The second-order valence-electron chi connectivity index (χ2n) is 13.1. The normalized spacial score (nSPS) is 17.9. The molecule has 0 N–H and O–H groups in total. The molecule has 2 aliphatic heterocycles. The lowest BCUT2D eigenvalue weighted by atomic mass is 9.88. The highest BCUT2D eigenvalue weighted by Gasteiger charge is 2.61. The third kappa shape index (κ3) is 6.51. The van der Waals surface area contributed by atoms with Crippen LogP contribution >= 0.6 is 11.8 Å². The van der Waals surface area contributed by atoms with Crippen molar-refractivity contribution in [3.63, 3.8) is 0 Å². The van der Waals surface area contributed by atoms with Gasteiger partial charge in [-0.05, 0) is 39.2 Å². The van der Waals surface area contributed by atoms with Gasteiger partial charge in [-0.15, -0.1) is 0 Å². The van der Waals surface area contributed by atoms with Gasteiger partial charge in [0, 0.05) is 29.5 Å². The summed E-state index contributed by atoms with van der Waals surface area (Å²) in [7, 11) is -3.05. The van der Waals surface area contributed by atoms with Crippen LogP contribution in [-0.2, 0) is 34.9 Å². The van der Waals surface area contributed by atoms with E-state index in [2.05, 4.69) is 45.0 Å². The minimum atomic E-state index is -3.05. The highest BCUT2D eigenvalue weighted by atomic mass is 32.2. The van der Waals surface area contributed by atoms with E-state index in [-0.39, 0.29) is 29.6 Å². The van der Waals surface area contributed by atoms with Crippen molar-refractivity contribution in [2.45, 2.75) is 50.8 Å². The summed E-state index contributed by atoms with van der Waals surface area (Å²) in [4.78, 5) is 52.6. The van der Waals surface area contributed by atoms with Crippen LogP contribution in [0.15, 0.2) is 119 Å². The van der Waals surface area contributed by atoms with Crippen LogP contribution in [0.4, 0.5) is 5.69 Å². The molecule has 6 rings (SSSR count). The molecule has 3 heterocycles. The van der Waals surface area contributed by atoms with Crippen LogP contribution in [-0.4, -0.2) is 48.0 Å². The number of amides is 1. The first-order valence-corrected chi connectivity index (χ1v) is 18.8. The Balaban J connectivity index is 1.36. The molecule has 1 saturated heterocycles. The first-order valence-electron chi connectivity index (χ1n) is 16.0. The van der Waals surface area contributed by atoms with Crippen LogP contribution in [0.3, 0.4) is 0 Å². The summed E-state index contributed by atoms with van der Waals surface area (Å²) in [6, 6.07) is 27.5. The predicted molar refractivity (Wildman–Crippen MR) is 188 cm³/mol. The summed E-state index contributed by atoms with van der Waals surface area (Å²) in [5.74, 6) is -2.50. The number of benzene rings is 3. The number of nitro groups is 1. The standard InChI is InChI=1S/C37H36N2O9SSi/c1-24(40)48-33(26-19-20-45-22-26)31-34(41)38-32(36(42)46-21-25-15-17-27(18-16-25)39(43)44)30(49-35(31)38)23-47-50(37(2,3)4,28-11-7-5-8-12-28)29-13-9-6-10-14-29/h5-20,22,31,33,35H,21,23H2,1-4H3. The maximum Gasteiger partial charge on any atom is 0.356 e. The summed E-state index contributed by atoms with van der Waals surface area (Å²) in [5, 5.41) is 12.3. The molecule has 3 aromatic carbocycles. The minimum Gasteiger partial charge on any atom is -0.472 e. The van der Waals surface area contributed by atoms with Gasteiger partial charge in [-0.25, -0.2) is 4.79 Å². The van der Waals surface area contributed by atoms with E-state index in [4.69, 9.17) is 18.3 Å². The van der Waals surface area contributed by atoms with Gasteiger partial charge in [0.1, 0.15) is 29.7 Å². The molecule has 0 bridgehead atoms. The smallest absolute Gasteiger partial charge is 0.356 e. The van der Waals surface area contributed by atoms with Gasteiger partial charge in [-0.1, -0.05) is 93.2 Å². The zero-order valence-electron chi connectivity index (χ0n) is 27.9. The Morgan fingerprint density at radius 2 is 1.58 bits per heavy atom. The van der Waals surface area contributed by atoms with Crippen molar-refractivity contribution in [1.82, 2.24) is 4.90 Å². The van der Waals surface area contributed by atoms with E-state index >= 15 is 0 Å². The van der Waals surface area contributed by atoms with Crippen molar-refractivity contribution < 1.29 is 37.6 Å². The van der Waals surface area contributed by atoms with Crippen LogP contribution in [0.25, 0.3) is 0 Å². The molecule has 0 spiro atoms. The number of ether oxygens (including phenoxy) is 2. The number of carbonyl (C=O) groups excluding carboxylic acids is 3. The number of hydrogen-bond donors (Lipinski definition) is 0. The Labute approximate surface area is 294 Å². The number of hydrogen-bond acceptors (Lipinski definition) is 10. The topological polar surface area (TPSA) is 138 Å². The molecule has 0 aliphatic carbocycles. The lowest BCUT2D eigenvalue weighted by Gasteiger charge is -2.45. The van der Waals surface area contributed by atoms with Gasteiger partial charge < -0.3 is 18.3 Å². The van der Waals surface area contributed by atoms with Crippen molar-refractivity contribution in [2.24, 2.45) is 5.92 Å². The largest absolute Gasteiger partial charge is 0.472 e. The second-order valence-corrected chi connectivity index (χ2v) is 18.6. The molecule has 3 atom stereocenters. The average Bonchev–Trinajstić information content (AvgIpc) is 3.75. The molecule has 1 amide bonds. The number of β-lactam (4-membered cyclic amide) rings is 1. The van der Waals surface area contributed by atoms with E-state index in [0.29, 0.717) is 16.0 Å². The third-order valence-electron chi connectivity index (χ3n) is 8.89. The molecule has 0 radical (unpaired) electrons. The number of carbonyl (C=O) groups is 3. The van der Waals surface area contributed by atoms with Crippen LogP contribution < -0.4 is 10.4 Å². The number of esters is 2. The molecule has 11 nitrogen and oxygen atoms in total. The Morgan fingerprint density at radius 1 is 0.960 bits per heavy atom. The number of thioether (sulfide) groups is 1. The molecule has 13 heteroatoms. The summed E-state index contributed by atoms with van der Waals surface area (Å²) in [6.45, 7) is 7.56. The zero-order chi connectivity index (χ0) is 35.6. The second kappa shape index (κ2) is 14.1. The Morgan fingerprint density at radius 3 is 2.10 bits per heavy atom. The molecule has 1 fully saturated rings. The highest BCUT2D eigenvalue weighted by molar-refractivity contribution is 8.04. The lowest BCUT2D eigenvalue weighted by molar-refractivity contribution is -0.384. The molecule has 50 heavy (non-hydrogen) atoms. The van der Waals surface area contributed by atoms with Crippen LogP contribution in [0, 0.1) is 16.0 Å². The molecule has 3 unspecified atom stereocenters. The maximum atomic E-state index is 14.0. The zero-order valence-corrected chi connectivity index (χ0v) is 29.8. The van der Waals surface area contributed by atoms with E-state index in [1.54, 1.807) is 6.07 Å². The fourth-order valence-corrected chi connectivity index (χ4v) is 12.7. The van der Waals surface area contributed by atoms with Crippen LogP contribution in [0.5, 0.6) is 0 Å². The van der Waals surface area contributed by atoms with Crippen LogP contribution in [0.1, 0.15) is 44.9 Å². The number of non-ortho nitro benzene ring substituents is 1. The number of nitrogens with zero attached hydrogens (tertiary/aromatic N) is 2. The number of fused-ring (bicyclic) bond motifs is 1. The van der Waals surface area contributed by atoms with E-state index in [0.717, 1.165) is 10.4 Å². The maximum absolute atomic E-state index is 14.0. The van der Waals surface area contributed by atoms with Crippen molar-refractivity contribution in [3.8, 4) is 0 Å². The average molecular weight is 713 g/mol. The molecule has 0 saturated carbocycles. The number of nitro benzene ring substituents is 1. The molecule has 4 aromatic rings. The van der Waals surface area contributed by atoms with E-state index < -0.39 is 48.5 Å². The van der Waals surface area contributed by atoms with Crippen LogP contribution in [0.2, 0.25) is 5.04 Å². The summed E-state index contributed by atoms with van der Waals surface area (Å²) in [5.41, 5.74) is 1.05. The van der Waals surface area contributed by atoms with Crippen molar-refractivity contribution >= 4 is 54.0 Å². The van der Waals surface area contributed by atoms with Gasteiger partial charge >= 0.3 is 11.9 Å². The highest BCUT2D eigenvalue weighted by Crippen LogP contribution is 2.54. The van der Waals surface area contributed by atoms with Crippen molar-refractivity contribution in [1.29, 1.82) is 0 Å². The molecular formula is C37H36N2O9SSi. The SMILES string of the molecule is CC(=O)OC(c1ccoc1)C1C(=O)N2C(C(=O)OCc3ccc([N+](=O)[O-])cc3)=C(CO[Si](c3ccccc3)(c3ccccc3)C(C)(C)C)SC12. The van der Waals surface area contributed by atoms with E-state index in [1.807, 2.05) is 36.4 Å². The molecule has 1 aromatic heterocycles. The van der Waals surface area contributed by atoms with Gasteiger partial charge in [-0.2, -0.15) is 0 Å². The van der Waals surface area contributed by atoms with Gasteiger partial charge in [0.2, 0.25) is 5.91 Å². The summed E-state index contributed by atoms with van der Waals surface area (Å²) in [6.07, 6.45) is 1.95. The number of furan rings is 1. The van der Waals surface area contributed by atoms with Gasteiger partial charge in [0.15, 0.2) is 0 Å².